The van der Waals surface area contributed by atoms with E-state index in [1.807, 2.05) is 6.92 Å². The van der Waals surface area contributed by atoms with E-state index >= 15 is 0 Å². The van der Waals surface area contributed by atoms with E-state index in [1.54, 1.807) is 6.08 Å². The van der Waals surface area contributed by atoms with Crippen LogP contribution in [0.25, 0.3) is 0 Å². The molecule has 0 spiro atoms. The van der Waals surface area contributed by atoms with Gasteiger partial charge in [0.2, 0.25) is 0 Å². The molecule has 1 rings (SSSR count). The predicted octanol–water partition coefficient (Wildman–Crippen LogP) is 3.28. The van der Waals surface area contributed by atoms with E-state index in [4.69, 9.17) is 5.26 Å². The molecule has 1 unspecified atom stereocenters. The second-order valence-electron chi connectivity index (χ2n) is 4.55. The lowest BCUT2D eigenvalue weighted by molar-refractivity contribution is 0.532. The van der Waals surface area contributed by atoms with Crippen LogP contribution < -0.4 is 0 Å². The van der Waals surface area contributed by atoms with Crippen molar-refractivity contribution in [2.24, 2.45) is 11.3 Å². The average Bonchev–Trinajstić information content (AvgIpc) is 2.56. The summed E-state index contributed by atoms with van der Waals surface area (Å²) in [7, 11) is 0. The molecule has 12 heavy (non-hydrogen) atoms. The molecule has 1 heteroatoms. The van der Waals surface area contributed by atoms with Crippen LogP contribution in [0.15, 0.2) is 11.6 Å². The maximum Gasteiger partial charge on any atom is 0.0911 e. The smallest absolute Gasteiger partial charge is 0.0911 e. The topological polar surface area (TPSA) is 23.8 Å². The van der Waals surface area contributed by atoms with Gasteiger partial charge in [-0.15, -0.1) is 0 Å². The Kier molecular flexibility index (Phi) is 2.57. The Morgan fingerprint density at radius 1 is 1.67 bits per heavy atom. The van der Waals surface area contributed by atoms with Crippen molar-refractivity contribution in [3.8, 4) is 6.07 Å². The van der Waals surface area contributed by atoms with E-state index in [1.165, 1.54) is 18.4 Å². The predicted molar refractivity (Wildman–Crippen MR) is 50.5 cm³/mol. The first kappa shape index (κ1) is 9.32. The van der Waals surface area contributed by atoms with Gasteiger partial charge in [0, 0.05) is 6.08 Å². The standard InChI is InChI=1S/C11H17N/c1-9(6-7-12)4-5-10-8-11(10,2)3/h6,10H,4-5,8H2,1-3H3/b9-6-. The molecule has 0 aromatic rings. The fraction of sp³-hybridized carbons (Fsp3) is 0.727. The average molecular weight is 163 g/mol. The monoisotopic (exact) mass is 163 g/mol. The Morgan fingerprint density at radius 3 is 2.67 bits per heavy atom. The number of allylic oxidation sites excluding steroid dienone is 2. The van der Waals surface area contributed by atoms with E-state index in [0.29, 0.717) is 5.41 Å². The van der Waals surface area contributed by atoms with Crippen LogP contribution in [0.3, 0.4) is 0 Å². The third kappa shape index (κ3) is 2.37. The highest BCUT2D eigenvalue weighted by atomic mass is 14.5. The van der Waals surface area contributed by atoms with Gasteiger partial charge in [-0.2, -0.15) is 5.26 Å². The molecule has 1 aliphatic carbocycles. The van der Waals surface area contributed by atoms with Crippen LogP contribution in [0.2, 0.25) is 0 Å². The van der Waals surface area contributed by atoms with Crippen molar-refractivity contribution in [3.63, 3.8) is 0 Å². The second-order valence-corrected chi connectivity index (χ2v) is 4.55. The van der Waals surface area contributed by atoms with Crippen LogP contribution in [-0.2, 0) is 0 Å². The van der Waals surface area contributed by atoms with Crippen molar-refractivity contribution in [3.05, 3.63) is 11.6 Å². The number of rotatable bonds is 3. The summed E-state index contributed by atoms with van der Waals surface area (Å²) < 4.78 is 0. The maximum absolute atomic E-state index is 8.39. The SMILES string of the molecule is C/C(=C/C#N)CCC1CC1(C)C. The van der Waals surface area contributed by atoms with Crippen LogP contribution in [0.5, 0.6) is 0 Å². The summed E-state index contributed by atoms with van der Waals surface area (Å²) in [6, 6.07) is 2.07. The Morgan fingerprint density at radius 2 is 2.25 bits per heavy atom. The second kappa shape index (κ2) is 3.31. The summed E-state index contributed by atoms with van der Waals surface area (Å²) in [6.07, 6.45) is 5.39. The maximum atomic E-state index is 8.39. The van der Waals surface area contributed by atoms with E-state index in [9.17, 15) is 0 Å². The zero-order valence-electron chi connectivity index (χ0n) is 8.22. The van der Waals surface area contributed by atoms with Crippen molar-refractivity contribution < 1.29 is 0 Å². The fourth-order valence-corrected chi connectivity index (χ4v) is 1.65. The van der Waals surface area contributed by atoms with Gasteiger partial charge < -0.3 is 0 Å². The molecule has 0 N–H and O–H groups in total. The van der Waals surface area contributed by atoms with Gasteiger partial charge in [0.15, 0.2) is 0 Å². The summed E-state index contributed by atoms with van der Waals surface area (Å²) in [5.74, 6) is 0.902. The Labute approximate surface area is 75.1 Å². The van der Waals surface area contributed by atoms with Crippen molar-refractivity contribution in [1.82, 2.24) is 0 Å². The van der Waals surface area contributed by atoms with Gasteiger partial charge in [0.1, 0.15) is 0 Å². The van der Waals surface area contributed by atoms with Crippen LogP contribution in [0.1, 0.15) is 40.0 Å². The molecule has 1 fully saturated rings. The third-order valence-corrected chi connectivity index (χ3v) is 2.92. The van der Waals surface area contributed by atoms with E-state index in [2.05, 4.69) is 19.9 Å². The zero-order valence-corrected chi connectivity index (χ0v) is 8.22. The van der Waals surface area contributed by atoms with Gasteiger partial charge in [-0.25, -0.2) is 0 Å². The molecule has 0 heterocycles. The molecule has 0 saturated heterocycles. The summed E-state index contributed by atoms with van der Waals surface area (Å²) >= 11 is 0. The van der Waals surface area contributed by atoms with Crippen molar-refractivity contribution >= 4 is 0 Å². The lowest BCUT2D eigenvalue weighted by Gasteiger charge is -2.02. The quantitative estimate of drug-likeness (QED) is 0.586. The van der Waals surface area contributed by atoms with Crippen molar-refractivity contribution in [1.29, 1.82) is 5.26 Å². The first-order chi connectivity index (χ1) is 5.56. The van der Waals surface area contributed by atoms with Gasteiger partial charge in [-0.1, -0.05) is 19.4 Å². The Balaban J connectivity index is 2.21. The summed E-state index contributed by atoms with van der Waals surface area (Å²) in [6.45, 7) is 6.68. The van der Waals surface area contributed by atoms with Crippen molar-refractivity contribution in [2.75, 3.05) is 0 Å². The largest absolute Gasteiger partial charge is 0.193 e. The molecule has 0 aromatic carbocycles. The molecule has 1 saturated carbocycles. The first-order valence-corrected chi connectivity index (χ1v) is 4.61. The highest BCUT2D eigenvalue weighted by Crippen LogP contribution is 2.54. The molecule has 0 aliphatic heterocycles. The van der Waals surface area contributed by atoms with E-state index < -0.39 is 0 Å². The third-order valence-electron chi connectivity index (χ3n) is 2.92. The van der Waals surface area contributed by atoms with Gasteiger partial charge in [0.25, 0.3) is 0 Å². The molecule has 0 amide bonds. The molecule has 0 bridgehead atoms. The minimum Gasteiger partial charge on any atom is -0.193 e. The first-order valence-electron chi connectivity index (χ1n) is 4.61. The molecular weight excluding hydrogens is 146 g/mol. The lowest BCUT2D eigenvalue weighted by Crippen LogP contribution is -1.90. The van der Waals surface area contributed by atoms with Gasteiger partial charge >= 0.3 is 0 Å². The Hall–Kier alpha value is -0.770. The summed E-state index contributed by atoms with van der Waals surface area (Å²) in [5.41, 5.74) is 1.81. The van der Waals surface area contributed by atoms with E-state index in [0.717, 1.165) is 12.3 Å². The Bertz CT molecular complexity index is 230. The van der Waals surface area contributed by atoms with Gasteiger partial charge in [0.05, 0.1) is 6.07 Å². The molecule has 0 aromatic heterocycles. The number of hydrogen-bond acceptors (Lipinski definition) is 1. The zero-order chi connectivity index (χ0) is 9.19. The van der Waals surface area contributed by atoms with E-state index in [-0.39, 0.29) is 0 Å². The fourth-order valence-electron chi connectivity index (χ4n) is 1.65. The normalized spacial score (nSPS) is 26.5. The molecular formula is C11H17N. The minimum absolute atomic E-state index is 0.590. The van der Waals surface area contributed by atoms with Crippen molar-refractivity contribution in [2.45, 2.75) is 40.0 Å². The lowest BCUT2D eigenvalue weighted by atomic mass is 10.0. The molecule has 1 nitrogen and oxygen atoms in total. The van der Waals surface area contributed by atoms with Crippen LogP contribution in [0, 0.1) is 22.7 Å². The highest BCUT2D eigenvalue weighted by molar-refractivity contribution is 5.11. The minimum atomic E-state index is 0.590. The van der Waals surface area contributed by atoms with Crippen LogP contribution in [0.4, 0.5) is 0 Å². The summed E-state index contributed by atoms with van der Waals surface area (Å²) in [4.78, 5) is 0. The number of nitriles is 1. The number of nitrogens with zero attached hydrogens (tertiary/aromatic N) is 1. The van der Waals surface area contributed by atoms with Gasteiger partial charge in [-0.05, 0) is 37.5 Å². The van der Waals surface area contributed by atoms with Crippen LogP contribution >= 0.6 is 0 Å². The molecule has 1 aliphatic rings. The number of hydrogen-bond donors (Lipinski definition) is 0. The summed E-state index contributed by atoms with van der Waals surface area (Å²) in [5, 5.41) is 8.39. The van der Waals surface area contributed by atoms with Crippen LogP contribution in [-0.4, -0.2) is 0 Å². The van der Waals surface area contributed by atoms with Gasteiger partial charge in [-0.3, -0.25) is 0 Å². The molecule has 66 valence electrons. The highest BCUT2D eigenvalue weighted by Gasteiger charge is 2.44. The molecule has 0 radical (unpaired) electrons. The molecule has 1 atom stereocenters.